The zero-order chi connectivity index (χ0) is 17.5. The summed E-state index contributed by atoms with van der Waals surface area (Å²) >= 11 is 0. The van der Waals surface area contributed by atoms with Crippen LogP contribution < -0.4 is 5.32 Å². The van der Waals surface area contributed by atoms with E-state index in [1.807, 2.05) is 36.4 Å². The molecule has 5 heteroatoms. The van der Waals surface area contributed by atoms with Crippen molar-refractivity contribution in [3.63, 3.8) is 0 Å². The molecule has 3 aromatic rings. The molecule has 0 atom stereocenters. The number of ether oxygens (including phenoxy) is 2. The topological polar surface area (TPSA) is 71.4 Å². The van der Waals surface area contributed by atoms with E-state index in [0.29, 0.717) is 19.8 Å². The number of alkyl carbamates (subject to hydrolysis) is 1. The van der Waals surface area contributed by atoms with E-state index in [-0.39, 0.29) is 13.2 Å². The van der Waals surface area contributed by atoms with Gasteiger partial charge in [-0.1, -0.05) is 48.5 Å². The van der Waals surface area contributed by atoms with Crippen molar-refractivity contribution in [3.05, 3.63) is 60.2 Å². The normalized spacial score (nSPS) is 10.9. The summed E-state index contributed by atoms with van der Waals surface area (Å²) in [5, 5.41) is 15.8. The number of fused-ring (bicyclic) bond motifs is 2. The van der Waals surface area contributed by atoms with Gasteiger partial charge < -0.3 is 19.9 Å². The molecular formula is C20H22NO4+. The third-order valence-corrected chi connectivity index (χ3v) is 4.03. The van der Waals surface area contributed by atoms with Crippen molar-refractivity contribution >= 4 is 27.6 Å². The van der Waals surface area contributed by atoms with Gasteiger partial charge in [-0.25, -0.2) is 4.79 Å². The second-order valence-electron chi connectivity index (χ2n) is 5.69. The number of hydrogen-bond acceptors (Lipinski definition) is 3. The molecule has 0 bridgehead atoms. The number of benzene rings is 3. The standard InChI is InChI=1S/C20H21NO4/c22-10-12-24-11-9-21-20(23)25-14-19-17-7-3-1-5-15(17)13-16-6-2-4-8-18(16)19/h1-8,13,22H,9-12,14H2,(H,21,23)/p+1. The molecule has 3 N–H and O–H groups in total. The smallest absolute Gasteiger partial charge is 0.407 e. The van der Waals surface area contributed by atoms with Crippen molar-refractivity contribution in [1.29, 1.82) is 0 Å². The lowest BCUT2D eigenvalue weighted by atomic mass is 9.97. The lowest BCUT2D eigenvalue weighted by molar-refractivity contribution is -0.0524. The lowest BCUT2D eigenvalue weighted by Gasteiger charge is -2.12. The highest BCUT2D eigenvalue weighted by atomic mass is 16.5. The molecule has 3 rings (SSSR count). The molecule has 0 unspecified atom stereocenters. The molecule has 0 radical (unpaired) electrons. The third-order valence-electron chi connectivity index (χ3n) is 4.03. The minimum atomic E-state index is -0.462. The van der Waals surface area contributed by atoms with Crippen molar-refractivity contribution in [2.24, 2.45) is 0 Å². The maximum Gasteiger partial charge on any atom is 0.407 e. The first-order chi connectivity index (χ1) is 12.3. The third kappa shape index (κ3) is 4.26. The molecule has 1 amide bonds. The number of hydrogen-bond donors (Lipinski definition) is 2. The Balaban J connectivity index is 1.72. The Hall–Kier alpha value is -2.63. The predicted octanol–water partition coefficient (Wildman–Crippen LogP) is 2.74. The Kier molecular flexibility index (Phi) is 5.82. The zero-order valence-corrected chi connectivity index (χ0v) is 13.9. The summed E-state index contributed by atoms with van der Waals surface area (Å²) in [6.07, 6.45) is -0.462. The van der Waals surface area contributed by atoms with Crippen molar-refractivity contribution in [2.45, 2.75) is 6.61 Å². The van der Waals surface area contributed by atoms with Gasteiger partial charge in [-0.3, -0.25) is 0 Å². The Labute approximate surface area is 146 Å². The summed E-state index contributed by atoms with van der Waals surface area (Å²) in [5.74, 6) is 0. The Bertz CT molecular complexity index is 809. The Morgan fingerprint density at radius 3 is 2.28 bits per heavy atom. The molecular weight excluding hydrogens is 318 g/mol. The number of carbonyl (C=O) groups excluding carboxylic acids is 1. The Morgan fingerprint density at radius 2 is 1.64 bits per heavy atom. The molecule has 0 aliphatic carbocycles. The molecule has 25 heavy (non-hydrogen) atoms. The van der Waals surface area contributed by atoms with E-state index in [2.05, 4.69) is 28.3 Å². The van der Waals surface area contributed by atoms with Crippen LogP contribution in [0.2, 0.25) is 0 Å². The highest BCUT2D eigenvalue weighted by Gasteiger charge is 2.10. The van der Waals surface area contributed by atoms with Crippen LogP contribution in [0.25, 0.3) is 21.5 Å². The summed E-state index contributed by atoms with van der Waals surface area (Å²) < 4.78 is 9.45. The molecule has 0 saturated heterocycles. The zero-order valence-electron chi connectivity index (χ0n) is 13.9. The summed E-state index contributed by atoms with van der Waals surface area (Å²) in [5.41, 5.74) is 1.01. The van der Waals surface area contributed by atoms with E-state index in [0.717, 1.165) is 27.1 Å². The summed E-state index contributed by atoms with van der Waals surface area (Å²) in [7, 11) is 0. The van der Waals surface area contributed by atoms with Gasteiger partial charge in [0.1, 0.15) is 13.2 Å². The van der Waals surface area contributed by atoms with E-state index >= 15 is 0 Å². The van der Waals surface area contributed by atoms with Gasteiger partial charge in [-0.15, -0.1) is 0 Å². The van der Waals surface area contributed by atoms with Crippen LogP contribution in [0.3, 0.4) is 0 Å². The Morgan fingerprint density at radius 1 is 1.00 bits per heavy atom. The number of aliphatic hydroxyl groups excluding tert-OH is 1. The second-order valence-corrected chi connectivity index (χ2v) is 5.69. The molecule has 0 heterocycles. The monoisotopic (exact) mass is 340 g/mol. The van der Waals surface area contributed by atoms with Gasteiger partial charge in [-0.05, 0) is 27.6 Å². The first-order valence-electron chi connectivity index (χ1n) is 8.33. The van der Waals surface area contributed by atoms with E-state index in [4.69, 9.17) is 9.84 Å². The summed E-state index contributed by atoms with van der Waals surface area (Å²) in [4.78, 5) is 11.9. The van der Waals surface area contributed by atoms with Gasteiger partial charge in [0.15, 0.2) is 13.2 Å². The van der Waals surface area contributed by atoms with Crippen molar-refractivity contribution < 1.29 is 19.4 Å². The molecule has 3 aromatic carbocycles. The van der Waals surface area contributed by atoms with Crippen LogP contribution in [-0.2, 0) is 11.3 Å². The first-order valence-corrected chi connectivity index (χ1v) is 8.33. The molecule has 0 fully saturated rings. The van der Waals surface area contributed by atoms with Crippen LogP contribution in [0, 0.1) is 0 Å². The first kappa shape index (κ1) is 17.2. The molecule has 130 valence electrons. The maximum absolute atomic E-state index is 11.9. The van der Waals surface area contributed by atoms with Gasteiger partial charge in [0.2, 0.25) is 0 Å². The quantitative estimate of drug-likeness (QED) is 0.395. The van der Waals surface area contributed by atoms with Crippen molar-refractivity contribution in [3.8, 4) is 0 Å². The van der Waals surface area contributed by atoms with E-state index in [9.17, 15) is 4.79 Å². The van der Waals surface area contributed by atoms with E-state index < -0.39 is 6.09 Å². The molecule has 5 nitrogen and oxygen atoms in total. The average Bonchev–Trinajstić information content (AvgIpc) is 2.65. The largest absolute Gasteiger partial charge is 0.445 e. The fourth-order valence-electron chi connectivity index (χ4n) is 2.87. The lowest BCUT2D eigenvalue weighted by Crippen LogP contribution is -2.29. The van der Waals surface area contributed by atoms with Crippen molar-refractivity contribution in [2.75, 3.05) is 26.4 Å². The fraction of sp³-hybridized carbons (Fsp3) is 0.250. The highest BCUT2D eigenvalue weighted by Crippen LogP contribution is 2.28. The number of amides is 1. The van der Waals surface area contributed by atoms with E-state index in [1.54, 1.807) is 0 Å². The minimum absolute atomic E-state index is 0.0264. The van der Waals surface area contributed by atoms with Crippen molar-refractivity contribution in [1.82, 2.24) is 5.32 Å². The molecule has 0 aliphatic rings. The van der Waals surface area contributed by atoms with Crippen LogP contribution >= 0.6 is 0 Å². The SMILES string of the molecule is O=C(NCC[OH+]CCO)OCc1c2ccccc2cc2ccccc12. The molecule has 0 saturated carbocycles. The summed E-state index contributed by atoms with van der Waals surface area (Å²) in [6, 6.07) is 18.4. The highest BCUT2D eigenvalue weighted by molar-refractivity contribution is 6.02. The second kappa shape index (κ2) is 8.46. The van der Waals surface area contributed by atoms with Gasteiger partial charge >= 0.3 is 6.09 Å². The van der Waals surface area contributed by atoms with Crippen LogP contribution in [0.5, 0.6) is 0 Å². The van der Waals surface area contributed by atoms with Gasteiger partial charge in [-0.2, -0.15) is 0 Å². The van der Waals surface area contributed by atoms with Crippen LogP contribution in [0.1, 0.15) is 5.56 Å². The average molecular weight is 340 g/mol. The fourth-order valence-corrected chi connectivity index (χ4v) is 2.87. The van der Waals surface area contributed by atoms with Crippen LogP contribution in [0.4, 0.5) is 4.79 Å². The predicted molar refractivity (Wildman–Crippen MR) is 98.7 cm³/mol. The van der Waals surface area contributed by atoms with E-state index in [1.165, 1.54) is 0 Å². The molecule has 0 aromatic heterocycles. The molecule has 0 aliphatic heterocycles. The maximum atomic E-state index is 11.9. The summed E-state index contributed by atoms with van der Waals surface area (Å²) in [6.45, 7) is 1.49. The number of nitrogens with one attached hydrogen (secondary N) is 1. The van der Waals surface area contributed by atoms with Gasteiger partial charge in [0.05, 0.1) is 6.54 Å². The van der Waals surface area contributed by atoms with Crippen LogP contribution in [0.15, 0.2) is 54.6 Å². The number of carbonyl (C=O) groups is 1. The van der Waals surface area contributed by atoms with Crippen LogP contribution in [-0.4, -0.2) is 42.3 Å². The molecule has 0 spiro atoms. The van der Waals surface area contributed by atoms with Gasteiger partial charge in [0, 0.05) is 5.56 Å². The minimum Gasteiger partial charge on any atom is -0.445 e. The van der Waals surface area contributed by atoms with Gasteiger partial charge in [0.25, 0.3) is 0 Å². The number of rotatable bonds is 7. The number of aliphatic hydroxyl groups is 3.